The van der Waals surface area contributed by atoms with E-state index in [0.717, 1.165) is 14.5 Å². The maximum Gasteiger partial charge on any atom is 0.255 e. The van der Waals surface area contributed by atoms with Crippen LogP contribution < -0.4 is 11.1 Å². The zero-order valence-electron chi connectivity index (χ0n) is 10.5. The van der Waals surface area contributed by atoms with Crippen molar-refractivity contribution in [3.63, 3.8) is 0 Å². The molecule has 0 unspecified atom stereocenters. The standard InChI is InChI=1S/C14H11Br2FN2O/c1-7-4-9(15)13(10(16)5-7)19-14(20)8-2-3-11(17)12(18)6-8/h2-6H,18H2,1H3,(H,19,20). The van der Waals surface area contributed by atoms with E-state index in [1.165, 1.54) is 18.2 Å². The molecule has 6 heteroatoms. The molecule has 2 rings (SSSR count). The van der Waals surface area contributed by atoms with Crippen LogP contribution in [0.25, 0.3) is 0 Å². The Morgan fingerprint density at radius 3 is 2.35 bits per heavy atom. The van der Waals surface area contributed by atoms with Crippen molar-refractivity contribution in [3.8, 4) is 0 Å². The summed E-state index contributed by atoms with van der Waals surface area (Å²) < 4.78 is 14.6. The van der Waals surface area contributed by atoms with Gasteiger partial charge in [0.2, 0.25) is 0 Å². The smallest absolute Gasteiger partial charge is 0.255 e. The van der Waals surface area contributed by atoms with Crippen molar-refractivity contribution in [2.24, 2.45) is 0 Å². The Hall–Kier alpha value is -1.40. The van der Waals surface area contributed by atoms with Gasteiger partial charge in [-0.1, -0.05) is 0 Å². The number of hydrogen-bond acceptors (Lipinski definition) is 2. The lowest BCUT2D eigenvalue weighted by atomic mass is 10.1. The van der Waals surface area contributed by atoms with Gasteiger partial charge in [-0.05, 0) is 74.7 Å². The lowest BCUT2D eigenvalue weighted by Crippen LogP contribution is -2.13. The molecule has 2 aromatic rings. The molecule has 0 heterocycles. The normalized spacial score (nSPS) is 10.4. The number of rotatable bonds is 2. The van der Waals surface area contributed by atoms with Crippen LogP contribution in [0, 0.1) is 12.7 Å². The molecule has 0 aliphatic heterocycles. The molecule has 0 aliphatic rings. The summed E-state index contributed by atoms with van der Waals surface area (Å²) in [5, 5.41) is 2.76. The molecule has 0 atom stereocenters. The zero-order chi connectivity index (χ0) is 14.9. The van der Waals surface area contributed by atoms with E-state index < -0.39 is 5.82 Å². The van der Waals surface area contributed by atoms with E-state index in [4.69, 9.17) is 5.73 Å². The maximum absolute atomic E-state index is 13.1. The van der Waals surface area contributed by atoms with Gasteiger partial charge in [-0.15, -0.1) is 0 Å². The molecule has 0 radical (unpaired) electrons. The largest absolute Gasteiger partial charge is 0.396 e. The zero-order valence-corrected chi connectivity index (χ0v) is 13.7. The van der Waals surface area contributed by atoms with E-state index in [1.807, 2.05) is 19.1 Å². The topological polar surface area (TPSA) is 55.1 Å². The van der Waals surface area contributed by atoms with Crippen molar-refractivity contribution in [1.29, 1.82) is 0 Å². The predicted octanol–water partition coefficient (Wildman–Crippen LogP) is 4.49. The van der Waals surface area contributed by atoms with Crippen molar-refractivity contribution in [2.75, 3.05) is 11.1 Å². The molecule has 0 saturated heterocycles. The van der Waals surface area contributed by atoms with Crippen LogP contribution in [-0.4, -0.2) is 5.91 Å². The first-order valence-electron chi connectivity index (χ1n) is 5.70. The Kier molecular flexibility index (Phi) is 4.45. The number of nitrogens with two attached hydrogens (primary N) is 1. The van der Waals surface area contributed by atoms with Crippen molar-refractivity contribution >= 4 is 49.1 Å². The van der Waals surface area contributed by atoms with E-state index in [0.29, 0.717) is 11.3 Å². The number of carbonyl (C=O) groups is 1. The minimum absolute atomic E-state index is 0.0558. The summed E-state index contributed by atoms with van der Waals surface area (Å²) >= 11 is 6.79. The van der Waals surface area contributed by atoms with E-state index in [9.17, 15) is 9.18 Å². The first-order chi connectivity index (χ1) is 9.38. The molecule has 20 heavy (non-hydrogen) atoms. The van der Waals surface area contributed by atoms with Gasteiger partial charge in [0.05, 0.1) is 11.4 Å². The van der Waals surface area contributed by atoms with Crippen LogP contribution in [0.2, 0.25) is 0 Å². The first kappa shape index (κ1) is 15.0. The van der Waals surface area contributed by atoms with Crippen molar-refractivity contribution in [1.82, 2.24) is 0 Å². The molecule has 3 nitrogen and oxygen atoms in total. The van der Waals surface area contributed by atoms with E-state index >= 15 is 0 Å². The van der Waals surface area contributed by atoms with Crippen LogP contribution >= 0.6 is 31.9 Å². The fraction of sp³-hybridized carbons (Fsp3) is 0.0714. The summed E-state index contributed by atoms with van der Waals surface area (Å²) in [6, 6.07) is 7.64. The number of nitrogen functional groups attached to an aromatic ring is 1. The fourth-order valence-corrected chi connectivity index (χ4v) is 3.30. The van der Waals surface area contributed by atoms with Gasteiger partial charge < -0.3 is 11.1 Å². The molecule has 0 aromatic heterocycles. The van der Waals surface area contributed by atoms with Crippen LogP contribution in [0.3, 0.4) is 0 Å². The molecule has 0 saturated carbocycles. The minimum atomic E-state index is -0.542. The lowest BCUT2D eigenvalue weighted by molar-refractivity contribution is 0.102. The van der Waals surface area contributed by atoms with Gasteiger partial charge in [-0.2, -0.15) is 0 Å². The van der Waals surface area contributed by atoms with Crippen molar-refractivity contribution in [3.05, 3.63) is 56.2 Å². The molecule has 1 amide bonds. The molecule has 2 aromatic carbocycles. The highest BCUT2D eigenvalue weighted by Crippen LogP contribution is 2.32. The molecule has 0 aliphatic carbocycles. The molecule has 0 spiro atoms. The van der Waals surface area contributed by atoms with Crippen LogP contribution in [0.4, 0.5) is 15.8 Å². The quantitative estimate of drug-likeness (QED) is 0.728. The summed E-state index contributed by atoms with van der Waals surface area (Å²) in [6.45, 7) is 1.95. The molecule has 0 bridgehead atoms. The Morgan fingerprint density at radius 1 is 1.20 bits per heavy atom. The minimum Gasteiger partial charge on any atom is -0.396 e. The second-order valence-electron chi connectivity index (χ2n) is 4.29. The van der Waals surface area contributed by atoms with Gasteiger partial charge in [0, 0.05) is 14.5 Å². The first-order valence-corrected chi connectivity index (χ1v) is 7.29. The molecule has 104 valence electrons. The van der Waals surface area contributed by atoms with Crippen LogP contribution in [-0.2, 0) is 0 Å². The lowest BCUT2D eigenvalue weighted by Gasteiger charge is -2.11. The third kappa shape index (κ3) is 3.19. The molecular formula is C14H11Br2FN2O. The molecular weight excluding hydrogens is 391 g/mol. The van der Waals surface area contributed by atoms with Gasteiger partial charge in [0.1, 0.15) is 5.82 Å². The Labute approximate surface area is 132 Å². The third-order valence-electron chi connectivity index (χ3n) is 2.68. The van der Waals surface area contributed by atoms with E-state index in [2.05, 4.69) is 37.2 Å². The van der Waals surface area contributed by atoms with E-state index in [1.54, 1.807) is 0 Å². The number of nitrogens with one attached hydrogen (secondary N) is 1. The predicted molar refractivity (Wildman–Crippen MR) is 85.3 cm³/mol. The third-order valence-corrected chi connectivity index (χ3v) is 3.93. The number of anilines is 2. The summed E-state index contributed by atoms with van der Waals surface area (Å²) in [5.74, 6) is -0.902. The Morgan fingerprint density at radius 2 is 1.80 bits per heavy atom. The highest BCUT2D eigenvalue weighted by atomic mass is 79.9. The number of halogens is 3. The number of amides is 1. The second kappa shape index (κ2) is 5.93. The van der Waals surface area contributed by atoms with E-state index in [-0.39, 0.29) is 11.6 Å². The summed E-state index contributed by atoms with van der Waals surface area (Å²) in [6.07, 6.45) is 0. The Balaban J connectivity index is 2.30. The Bertz CT molecular complexity index is 666. The SMILES string of the molecule is Cc1cc(Br)c(NC(=O)c2ccc(F)c(N)c2)c(Br)c1. The average molecular weight is 402 g/mol. The van der Waals surface area contributed by atoms with Gasteiger partial charge in [0.25, 0.3) is 5.91 Å². The second-order valence-corrected chi connectivity index (χ2v) is 6.00. The van der Waals surface area contributed by atoms with Crippen LogP contribution in [0.15, 0.2) is 39.3 Å². The highest BCUT2D eigenvalue weighted by molar-refractivity contribution is 9.11. The number of benzene rings is 2. The summed E-state index contributed by atoms with van der Waals surface area (Å²) in [4.78, 5) is 12.1. The van der Waals surface area contributed by atoms with Gasteiger partial charge in [-0.3, -0.25) is 4.79 Å². The summed E-state index contributed by atoms with van der Waals surface area (Å²) in [7, 11) is 0. The summed E-state index contributed by atoms with van der Waals surface area (Å²) in [5.41, 5.74) is 7.36. The highest BCUT2D eigenvalue weighted by Gasteiger charge is 2.13. The van der Waals surface area contributed by atoms with Crippen LogP contribution in [0.1, 0.15) is 15.9 Å². The van der Waals surface area contributed by atoms with Gasteiger partial charge in [0.15, 0.2) is 0 Å². The van der Waals surface area contributed by atoms with Crippen molar-refractivity contribution in [2.45, 2.75) is 6.92 Å². The van der Waals surface area contributed by atoms with Crippen LogP contribution in [0.5, 0.6) is 0 Å². The van der Waals surface area contributed by atoms with Gasteiger partial charge in [-0.25, -0.2) is 4.39 Å². The maximum atomic E-state index is 13.1. The molecule has 0 fully saturated rings. The monoisotopic (exact) mass is 400 g/mol. The number of aryl methyl sites for hydroxylation is 1. The number of hydrogen-bond donors (Lipinski definition) is 2. The van der Waals surface area contributed by atoms with Crippen molar-refractivity contribution < 1.29 is 9.18 Å². The van der Waals surface area contributed by atoms with Gasteiger partial charge >= 0.3 is 0 Å². The fourth-order valence-electron chi connectivity index (χ4n) is 1.69. The average Bonchev–Trinajstić information content (AvgIpc) is 2.36. The molecule has 3 N–H and O–H groups in total. The number of carbonyl (C=O) groups excluding carboxylic acids is 1.